The van der Waals surface area contributed by atoms with Crippen LogP contribution < -0.4 is 10.1 Å². The van der Waals surface area contributed by atoms with Crippen LogP contribution in [-0.2, 0) is 11.3 Å². The fourth-order valence-corrected chi connectivity index (χ4v) is 3.79. The van der Waals surface area contributed by atoms with Crippen LogP contribution in [0.2, 0.25) is 0 Å². The number of rotatable bonds is 9. The van der Waals surface area contributed by atoms with Gasteiger partial charge in [-0.3, -0.25) is 4.79 Å². The lowest BCUT2D eigenvalue weighted by Gasteiger charge is -2.21. The van der Waals surface area contributed by atoms with Gasteiger partial charge in [-0.2, -0.15) is 0 Å². The average Bonchev–Trinajstić information content (AvgIpc) is 3.17. The number of aryl methyl sites for hydroxylation is 1. The van der Waals surface area contributed by atoms with Gasteiger partial charge >= 0.3 is 0 Å². The number of benzene rings is 1. The Morgan fingerprint density at radius 1 is 1.22 bits per heavy atom. The lowest BCUT2D eigenvalue weighted by Crippen LogP contribution is -2.26. The molecule has 27 heavy (non-hydrogen) atoms. The summed E-state index contributed by atoms with van der Waals surface area (Å²) in [4.78, 5) is 16.6. The third-order valence-corrected chi connectivity index (χ3v) is 5.50. The van der Waals surface area contributed by atoms with Crippen molar-refractivity contribution in [3.8, 4) is 5.75 Å². The van der Waals surface area contributed by atoms with Crippen molar-refractivity contribution in [2.24, 2.45) is 0 Å². The zero-order chi connectivity index (χ0) is 18.9. The molecule has 1 aromatic carbocycles. The maximum absolute atomic E-state index is 12.2. The second-order valence-corrected chi connectivity index (χ2v) is 7.91. The average molecular weight is 389 g/mol. The highest BCUT2D eigenvalue weighted by Gasteiger charge is 2.14. The van der Waals surface area contributed by atoms with Gasteiger partial charge in [-0.15, -0.1) is 11.3 Å². The molecule has 6 heteroatoms. The van der Waals surface area contributed by atoms with Crippen molar-refractivity contribution >= 4 is 17.2 Å². The Balaban J connectivity index is 1.33. The number of hydrogen-bond acceptors (Lipinski definition) is 5. The Kier molecular flexibility index (Phi) is 7.66. The van der Waals surface area contributed by atoms with Crippen LogP contribution in [0.3, 0.4) is 0 Å². The van der Waals surface area contributed by atoms with E-state index < -0.39 is 0 Å². The summed E-state index contributed by atoms with van der Waals surface area (Å²) in [6.45, 7) is 3.73. The van der Waals surface area contributed by atoms with Crippen LogP contribution in [0.25, 0.3) is 0 Å². The van der Waals surface area contributed by atoms with Gasteiger partial charge in [0.15, 0.2) is 0 Å². The van der Waals surface area contributed by atoms with Crippen molar-refractivity contribution in [3.63, 3.8) is 0 Å². The first-order chi connectivity index (χ1) is 13.2. The zero-order valence-electron chi connectivity index (χ0n) is 15.9. The Bertz CT molecular complexity index is 708. The molecule has 2 aromatic rings. The fourth-order valence-electron chi connectivity index (χ4n) is 3.11. The van der Waals surface area contributed by atoms with E-state index >= 15 is 0 Å². The standard InChI is InChI=1S/C21H28N2O3S/c1-16-8-10-18(11-9-16)26-14-20-23-19(15-27-20)21(24)22-12-5-13-25-17-6-3-2-4-7-17/h8-11,15,17H,2-7,12-14H2,1H3,(H,22,24). The first-order valence-corrected chi connectivity index (χ1v) is 10.6. The number of amides is 1. The lowest BCUT2D eigenvalue weighted by atomic mass is 9.98. The van der Waals surface area contributed by atoms with E-state index in [-0.39, 0.29) is 5.91 Å². The molecule has 1 amide bonds. The van der Waals surface area contributed by atoms with Crippen LogP contribution in [0, 0.1) is 6.92 Å². The van der Waals surface area contributed by atoms with Gasteiger partial charge in [0.2, 0.25) is 0 Å². The number of thiazole rings is 1. The molecule has 1 heterocycles. The van der Waals surface area contributed by atoms with Gasteiger partial charge in [-0.25, -0.2) is 4.98 Å². The van der Waals surface area contributed by atoms with Crippen LogP contribution in [-0.4, -0.2) is 30.1 Å². The van der Waals surface area contributed by atoms with Gasteiger partial charge < -0.3 is 14.8 Å². The largest absolute Gasteiger partial charge is 0.486 e. The molecule has 1 saturated carbocycles. The summed E-state index contributed by atoms with van der Waals surface area (Å²) in [6, 6.07) is 7.89. The van der Waals surface area contributed by atoms with Crippen molar-refractivity contribution in [1.29, 1.82) is 0 Å². The van der Waals surface area contributed by atoms with Crippen LogP contribution in [0.4, 0.5) is 0 Å². The van der Waals surface area contributed by atoms with Crippen LogP contribution in [0.1, 0.15) is 59.6 Å². The lowest BCUT2D eigenvalue weighted by molar-refractivity contribution is 0.0273. The second-order valence-electron chi connectivity index (χ2n) is 6.97. The number of carbonyl (C=O) groups excluding carboxylic acids is 1. The zero-order valence-corrected chi connectivity index (χ0v) is 16.7. The van der Waals surface area contributed by atoms with Crippen molar-refractivity contribution in [3.05, 3.63) is 45.9 Å². The van der Waals surface area contributed by atoms with Gasteiger partial charge in [0.25, 0.3) is 5.91 Å². The third-order valence-electron chi connectivity index (χ3n) is 4.68. The normalized spacial score (nSPS) is 14.9. The van der Waals surface area contributed by atoms with Gasteiger partial charge in [-0.05, 0) is 38.3 Å². The van der Waals surface area contributed by atoms with E-state index in [0.717, 1.165) is 17.2 Å². The molecule has 1 N–H and O–H groups in total. The summed E-state index contributed by atoms with van der Waals surface area (Å²) in [7, 11) is 0. The summed E-state index contributed by atoms with van der Waals surface area (Å²) in [5.74, 6) is 0.672. The maximum Gasteiger partial charge on any atom is 0.270 e. The molecule has 1 aliphatic rings. The Hall–Kier alpha value is -1.92. The minimum absolute atomic E-state index is 0.134. The van der Waals surface area contributed by atoms with E-state index in [9.17, 15) is 4.79 Å². The number of aromatic nitrogens is 1. The van der Waals surface area contributed by atoms with Crippen LogP contribution in [0.5, 0.6) is 5.75 Å². The molecular weight excluding hydrogens is 360 g/mol. The summed E-state index contributed by atoms with van der Waals surface area (Å²) in [5.41, 5.74) is 1.65. The SMILES string of the molecule is Cc1ccc(OCc2nc(C(=O)NCCCOC3CCCCC3)cs2)cc1. The number of carbonyl (C=O) groups is 1. The molecule has 0 aliphatic heterocycles. The Morgan fingerprint density at radius 2 is 2.00 bits per heavy atom. The van der Waals surface area contributed by atoms with Crippen molar-refractivity contribution in [2.75, 3.05) is 13.2 Å². The molecule has 5 nitrogen and oxygen atoms in total. The quantitative estimate of drug-likeness (QED) is 0.643. The molecule has 3 rings (SSSR count). The predicted octanol–water partition coefficient (Wildman–Crippen LogP) is 4.50. The van der Waals surface area contributed by atoms with E-state index in [1.165, 1.54) is 49.0 Å². The van der Waals surface area contributed by atoms with Crippen molar-refractivity contribution < 1.29 is 14.3 Å². The van der Waals surface area contributed by atoms with E-state index in [4.69, 9.17) is 9.47 Å². The molecule has 0 radical (unpaired) electrons. The number of hydrogen-bond donors (Lipinski definition) is 1. The summed E-state index contributed by atoms with van der Waals surface area (Å²) in [6.07, 6.45) is 7.50. The van der Waals surface area contributed by atoms with Crippen molar-refractivity contribution in [1.82, 2.24) is 10.3 Å². The molecular formula is C21H28N2O3S. The Morgan fingerprint density at radius 3 is 2.78 bits per heavy atom. The smallest absolute Gasteiger partial charge is 0.270 e. The number of ether oxygens (including phenoxy) is 2. The number of nitrogens with zero attached hydrogens (tertiary/aromatic N) is 1. The summed E-state index contributed by atoms with van der Waals surface area (Å²) >= 11 is 1.44. The first-order valence-electron chi connectivity index (χ1n) is 9.74. The molecule has 1 aliphatic carbocycles. The monoisotopic (exact) mass is 388 g/mol. The van der Waals surface area contributed by atoms with Gasteiger partial charge in [0, 0.05) is 18.5 Å². The molecule has 0 saturated heterocycles. The molecule has 1 aromatic heterocycles. The highest BCUT2D eigenvalue weighted by Crippen LogP contribution is 2.20. The van der Waals surface area contributed by atoms with E-state index in [1.807, 2.05) is 31.2 Å². The minimum Gasteiger partial charge on any atom is -0.486 e. The van der Waals surface area contributed by atoms with Crippen LogP contribution in [0.15, 0.2) is 29.6 Å². The van der Waals surface area contributed by atoms with E-state index in [1.54, 1.807) is 5.38 Å². The van der Waals surface area contributed by atoms with E-state index in [2.05, 4.69) is 10.3 Å². The molecule has 0 unspecified atom stereocenters. The molecule has 0 spiro atoms. The predicted molar refractivity (Wildman–Crippen MR) is 107 cm³/mol. The summed E-state index contributed by atoms with van der Waals surface area (Å²) in [5, 5.41) is 5.49. The Labute approximate surface area is 165 Å². The second kappa shape index (κ2) is 10.4. The third kappa shape index (κ3) is 6.63. The van der Waals surface area contributed by atoms with Gasteiger partial charge in [-0.1, -0.05) is 37.0 Å². The maximum atomic E-state index is 12.2. The highest BCUT2D eigenvalue weighted by molar-refractivity contribution is 7.09. The highest BCUT2D eigenvalue weighted by atomic mass is 32.1. The van der Waals surface area contributed by atoms with Gasteiger partial charge in [0.05, 0.1) is 6.10 Å². The van der Waals surface area contributed by atoms with E-state index in [0.29, 0.717) is 31.6 Å². The van der Waals surface area contributed by atoms with Gasteiger partial charge in [0.1, 0.15) is 23.1 Å². The summed E-state index contributed by atoms with van der Waals surface area (Å²) < 4.78 is 11.6. The first kappa shape index (κ1) is 19.8. The minimum atomic E-state index is -0.134. The molecule has 0 atom stereocenters. The topological polar surface area (TPSA) is 60.5 Å². The van der Waals surface area contributed by atoms with Crippen LogP contribution >= 0.6 is 11.3 Å². The molecule has 0 bridgehead atoms. The molecule has 1 fully saturated rings. The van der Waals surface area contributed by atoms with Crippen molar-refractivity contribution in [2.45, 2.75) is 58.2 Å². The molecule has 146 valence electrons. The number of nitrogens with one attached hydrogen (secondary N) is 1. The fraction of sp³-hybridized carbons (Fsp3) is 0.524.